The molecule has 0 saturated heterocycles. The van der Waals surface area contributed by atoms with Gasteiger partial charge in [-0.1, -0.05) is 62.7 Å². The van der Waals surface area contributed by atoms with Crippen LogP contribution in [-0.2, 0) is 12.0 Å². The zero-order valence-electron chi connectivity index (χ0n) is 21.5. The van der Waals surface area contributed by atoms with Crippen molar-refractivity contribution in [1.29, 1.82) is 5.26 Å². The number of hydrogen-bond acceptors (Lipinski definition) is 5. The summed E-state index contributed by atoms with van der Waals surface area (Å²) in [6.07, 6.45) is 1.70. The van der Waals surface area contributed by atoms with Crippen molar-refractivity contribution in [2.75, 3.05) is 0 Å². The van der Waals surface area contributed by atoms with Crippen LogP contribution in [-0.4, -0.2) is 25.7 Å². The van der Waals surface area contributed by atoms with E-state index < -0.39 is 5.92 Å². The maximum absolute atomic E-state index is 14.0. The molecule has 0 atom stereocenters. The maximum Gasteiger partial charge on any atom is 0.248 e. The summed E-state index contributed by atoms with van der Waals surface area (Å²) in [4.78, 5) is 9.05. The van der Waals surface area contributed by atoms with E-state index >= 15 is 0 Å². The molecule has 5 rings (SSSR count). The molecule has 1 aromatic carbocycles. The van der Waals surface area contributed by atoms with Crippen LogP contribution in [0.3, 0.4) is 0 Å². The van der Waals surface area contributed by atoms with Crippen LogP contribution in [0.25, 0.3) is 22.3 Å². The second kappa shape index (κ2) is 9.95. The summed E-state index contributed by atoms with van der Waals surface area (Å²) < 4.78 is 36.0. The summed E-state index contributed by atoms with van der Waals surface area (Å²) in [5.74, 6) is -2.23. The number of hydrogen-bond donors (Lipinski definition) is 0. The van der Waals surface area contributed by atoms with Crippen molar-refractivity contribution in [2.45, 2.75) is 70.4 Å². The second-order valence-corrected chi connectivity index (χ2v) is 11.1. The van der Waals surface area contributed by atoms with Gasteiger partial charge < -0.3 is 4.74 Å². The number of ether oxygens (including phenoxy) is 1. The molecule has 196 valence electrons. The van der Waals surface area contributed by atoms with Crippen molar-refractivity contribution < 1.29 is 13.5 Å². The third kappa shape index (κ3) is 5.08. The van der Waals surface area contributed by atoms with Crippen LogP contribution in [0.2, 0.25) is 5.02 Å². The minimum absolute atomic E-state index is 0.201. The Balaban J connectivity index is 1.67. The Kier molecular flexibility index (Phi) is 6.83. The van der Waals surface area contributed by atoms with E-state index in [2.05, 4.69) is 11.1 Å². The molecule has 4 aromatic rings. The lowest BCUT2D eigenvalue weighted by atomic mass is 9.91. The Morgan fingerprint density at radius 2 is 1.87 bits per heavy atom. The topological polar surface area (TPSA) is 76.6 Å². The highest BCUT2D eigenvalue weighted by molar-refractivity contribution is 6.33. The van der Waals surface area contributed by atoms with Crippen molar-refractivity contribution in [3.05, 3.63) is 70.6 Å². The van der Waals surface area contributed by atoms with Gasteiger partial charge in [-0.2, -0.15) is 10.4 Å². The first-order valence-electron chi connectivity index (χ1n) is 12.6. The molecule has 3 heterocycles. The number of alkyl halides is 2. The maximum atomic E-state index is 14.0. The van der Waals surface area contributed by atoms with Crippen molar-refractivity contribution >= 4 is 22.5 Å². The van der Waals surface area contributed by atoms with Crippen LogP contribution < -0.4 is 4.74 Å². The molecule has 38 heavy (non-hydrogen) atoms. The molecule has 0 spiro atoms. The summed E-state index contributed by atoms with van der Waals surface area (Å²) in [5.41, 5.74) is 3.05. The largest absolute Gasteiger partial charge is 0.488 e. The lowest BCUT2D eigenvalue weighted by molar-refractivity contribution is -0.0448. The van der Waals surface area contributed by atoms with Crippen molar-refractivity contribution in [2.24, 2.45) is 0 Å². The van der Waals surface area contributed by atoms with Gasteiger partial charge in [0.05, 0.1) is 33.4 Å². The van der Waals surface area contributed by atoms with Crippen LogP contribution in [0.1, 0.15) is 69.4 Å². The van der Waals surface area contributed by atoms with Gasteiger partial charge in [0, 0.05) is 30.5 Å². The minimum Gasteiger partial charge on any atom is -0.488 e. The molecule has 1 saturated carbocycles. The number of nitrogens with zero attached hydrogens (tertiary/aromatic N) is 5. The van der Waals surface area contributed by atoms with Crippen LogP contribution in [0.4, 0.5) is 8.78 Å². The van der Waals surface area contributed by atoms with E-state index in [-0.39, 0.29) is 49.4 Å². The highest BCUT2D eigenvalue weighted by atomic mass is 35.5. The van der Waals surface area contributed by atoms with Gasteiger partial charge in [0.15, 0.2) is 5.69 Å². The average molecular weight is 536 g/mol. The fourth-order valence-electron chi connectivity index (χ4n) is 4.86. The van der Waals surface area contributed by atoms with Crippen molar-refractivity contribution in [3.63, 3.8) is 0 Å². The van der Waals surface area contributed by atoms with Crippen LogP contribution in [0.15, 0.2) is 48.7 Å². The molecule has 1 aliphatic rings. The first kappa shape index (κ1) is 26.1. The lowest BCUT2D eigenvalue weighted by Gasteiger charge is -2.29. The average Bonchev–Trinajstić information content (AvgIpc) is 3.24. The summed E-state index contributed by atoms with van der Waals surface area (Å²) >= 11 is 6.98. The molecule has 0 radical (unpaired) electrons. The molecule has 3 aromatic heterocycles. The smallest absolute Gasteiger partial charge is 0.248 e. The highest BCUT2D eigenvalue weighted by Gasteiger charge is 2.38. The third-order valence-corrected chi connectivity index (χ3v) is 7.22. The Hall–Kier alpha value is -3.57. The standard InChI is InChI=1S/C29H28ClF2N5O/c1-28(2,3)27-25(30)26(37(36-27)19-9-12-29(31,32)13-10-19)21-15-23(38-17-18-7-5-4-6-8-18)24-20(35-21)11-14-34-22(24)16-33/h4-8,11,14-15,19H,9-10,12-13,17H2,1-3H3. The lowest BCUT2D eigenvalue weighted by Crippen LogP contribution is -2.27. The Morgan fingerprint density at radius 3 is 2.53 bits per heavy atom. The quantitative estimate of drug-likeness (QED) is 0.262. The van der Waals surface area contributed by atoms with Gasteiger partial charge in [0.1, 0.15) is 24.1 Å². The Labute approximate surface area is 225 Å². The van der Waals surface area contributed by atoms with Gasteiger partial charge >= 0.3 is 0 Å². The van der Waals surface area contributed by atoms with Crippen LogP contribution >= 0.6 is 11.6 Å². The number of benzene rings is 1. The Bertz CT molecular complexity index is 1510. The van der Waals surface area contributed by atoms with Gasteiger partial charge in [0.2, 0.25) is 5.92 Å². The number of pyridine rings is 2. The molecule has 0 amide bonds. The fourth-order valence-corrected chi connectivity index (χ4v) is 5.36. The van der Waals surface area contributed by atoms with Gasteiger partial charge in [-0.3, -0.25) is 4.68 Å². The molecular weight excluding hydrogens is 508 g/mol. The van der Waals surface area contributed by atoms with Gasteiger partial charge in [0.25, 0.3) is 0 Å². The molecule has 0 unspecified atom stereocenters. The third-order valence-electron chi connectivity index (χ3n) is 6.87. The zero-order valence-corrected chi connectivity index (χ0v) is 22.3. The SMILES string of the molecule is CC(C)(C)c1nn(C2CCC(F)(F)CC2)c(-c2cc(OCc3ccccc3)c3c(C#N)nccc3n2)c1Cl. The summed E-state index contributed by atoms with van der Waals surface area (Å²) in [7, 11) is 0. The minimum atomic E-state index is -2.67. The van der Waals surface area contributed by atoms with E-state index in [4.69, 9.17) is 26.4 Å². The monoisotopic (exact) mass is 535 g/mol. The van der Waals surface area contributed by atoms with E-state index in [1.165, 1.54) is 6.20 Å². The van der Waals surface area contributed by atoms with E-state index in [0.29, 0.717) is 38.8 Å². The second-order valence-electron chi connectivity index (χ2n) is 10.7. The zero-order chi connectivity index (χ0) is 27.1. The molecule has 6 nitrogen and oxygen atoms in total. The molecular formula is C29H28ClF2N5O. The molecule has 0 N–H and O–H groups in total. The summed E-state index contributed by atoms with van der Waals surface area (Å²) in [6, 6.07) is 15.0. The highest BCUT2D eigenvalue weighted by Crippen LogP contribution is 2.44. The van der Waals surface area contributed by atoms with Gasteiger partial charge in [-0.15, -0.1) is 0 Å². The van der Waals surface area contributed by atoms with Gasteiger partial charge in [-0.05, 0) is 24.5 Å². The molecule has 9 heteroatoms. The fraction of sp³-hybridized carbons (Fsp3) is 0.379. The van der Waals surface area contributed by atoms with Crippen molar-refractivity contribution in [1.82, 2.24) is 19.7 Å². The van der Waals surface area contributed by atoms with Crippen molar-refractivity contribution in [3.8, 4) is 23.2 Å². The number of rotatable bonds is 5. The van der Waals surface area contributed by atoms with E-state index in [9.17, 15) is 14.0 Å². The van der Waals surface area contributed by atoms with E-state index in [1.807, 2.05) is 51.1 Å². The van der Waals surface area contributed by atoms with Crippen LogP contribution in [0.5, 0.6) is 5.75 Å². The summed E-state index contributed by atoms with van der Waals surface area (Å²) in [6.45, 7) is 6.31. The molecule has 0 bridgehead atoms. The molecule has 1 fully saturated rings. The van der Waals surface area contributed by atoms with E-state index in [0.717, 1.165) is 5.56 Å². The van der Waals surface area contributed by atoms with E-state index in [1.54, 1.807) is 16.8 Å². The molecule has 1 aliphatic carbocycles. The number of fused-ring (bicyclic) bond motifs is 1. The van der Waals surface area contributed by atoms with Crippen LogP contribution in [0, 0.1) is 11.3 Å². The van der Waals surface area contributed by atoms with Gasteiger partial charge in [-0.25, -0.2) is 18.7 Å². The summed E-state index contributed by atoms with van der Waals surface area (Å²) in [5, 5.41) is 15.5. The predicted octanol–water partition coefficient (Wildman–Crippen LogP) is 7.65. The normalized spacial score (nSPS) is 15.9. The number of aromatic nitrogens is 4. The Morgan fingerprint density at radius 1 is 1.16 bits per heavy atom. The number of halogens is 3. The predicted molar refractivity (Wildman–Crippen MR) is 142 cm³/mol. The first-order chi connectivity index (χ1) is 18.1. The molecule has 0 aliphatic heterocycles. The number of nitriles is 1. The first-order valence-corrected chi connectivity index (χ1v) is 13.0.